The number of rotatable bonds is 4. The third-order valence-corrected chi connectivity index (χ3v) is 3.75. The highest BCUT2D eigenvalue weighted by Crippen LogP contribution is 2.28. The van der Waals surface area contributed by atoms with E-state index in [9.17, 15) is 14.9 Å². The normalized spacial score (nSPS) is 15.4. The molecule has 7 heteroatoms. The minimum absolute atomic E-state index is 0.112. The Morgan fingerprint density at radius 2 is 1.95 bits per heavy atom. The molecule has 6 nitrogen and oxygen atoms in total. The molecule has 1 aliphatic rings. The molecule has 0 bridgehead atoms. The summed E-state index contributed by atoms with van der Waals surface area (Å²) in [7, 11) is 0. The van der Waals surface area contributed by atoms with E-state index in [-0.39, 0.29) is 29.0 Å². The first-order chi connectivity index (χ1) is 10.1. The van der Waals surface area contributed by atoms with E-state index in [4.69, 9.17) is 16.3 Å². The number of hydrogen-bond donors (Lipinski definition) is 0. The molecule has 0 atom stereocenters. The third kappa shape index (κ3) is 4.32. The molecule has 2 rings (SSSR count). The van der Waals surface area contributed by atoms with Crippen LogP contribution in [0.2, 0.25) is 5.02 Å². The van der Waals surface area contributed by atoms with Crippen molar-refractivity contribution in [1.29, 1.82) is 0 Å². The van der Waals surface area contributed by atoms with Crippen LogP contribution in [0.25, 0.3) is 0 Å². The van der Waals surface area contributed by atoms with Gasteiger partial charge in [-0.3, -0.25) is 14.9 Å². The number of hydrogen-bond acceptors (Lipinski definition) is 4. The predicted molar refractivity (Wildman–Crippen MR) is 78.6 cm³/mol. The van der Waals surface area contributed by atoms with Crippen LogP contribution in [0.4, 0.5) is 5.69 Å². The molecule has 1 aromatic carbocycles. The molecule has 0 unspecified atom stereocenters. The maximum Gasteiger partial charge on any atom is 0.273 e. The highest BCUT2D eigenvalue weighted by atomic mass is 35.5. The quantitative estimate of drug-likeness (QED) is 0.632. The van der Waals surface area contributed by atoms with Gasteiger partial charge >= 0.3 is 0 Å². The van der Waals surface area contributed by atoms with Crippen LogP contribution < -0.4 is 4.74 Å². The average molecular weight is 313 g/mol. The van der Waals surface area contributed by atoms with Crippen molar-refractivity contribution >= 4 is 23.2 Å². The molecule has 0 spiro atoms. The van der Waals surface area contributed by atoms with Gasteiger partial charge in [0.2, 0.25) is 0 Å². The zero-order valence-corrected chi connectivity index (χ0v) is 12.3. The highest BCUT2D eigenvalue weighted by molar-refractivity contribution is 6.32. The average Bonchev–Trinajstić information content (AvgIpc) is 2.75. The number of carbonyl (C=O) groups excluding carboxylic acids is 1. The standard InChI is InChI=1S/C14H17ClN2O4/c15-12-6-5-11(17(19)20)9-13(12)21-10-14(18)16-7-3-1-2-4-8-16/h5-6,9H,1-4,7-8,10H2. The van der Waals surface area contributed by atoms with Gasteiger partial charge in [0.15, 0.2) is 6.61 Å². The summed E-state index contributed by atoms with van der Waals surface area (Å²) < 4.78 is 5.36. The predicted octanol–water partition coefficient (Wildman–Crippen LogP) is 3.03. The SMILES string of the molecule is O=C(COc1cc([N+](=O)[O-])ccc1Cl)N1CCCCCC1. The van der Waals surface area contributed by atoms with Crippen molar-refractivity contribution in [2.45, 2.75) is 25.7 Å². The lowest BCUT2D eigenvalue weighted by Gasteiger charge is -2.20. The van der Waals surface area contributed by atoms with Gasteiger partial charge in [-0.2, -0.15) is 0 Å². The molecule has 0 N–H and O–H groups in total. The Hall–Kier alpha value is -1.82. The van der Waals surface area contributed by atoms with E-state index in [1.807, 2.05) is 0 Å². The van der Waals surface area contributed by atoms with Gasteiger partial charge in [0, 0.05) is 19.2 Å². The molecule has 1 heterocycles. The zero-order valence-electron chi connectivity index (χ0n) is 11.6. The van der Waals surface area contributed by atoms with E-state index in [1.54, 1.807) is 4.90 Å². The first kappa shape index (κ1) is 15.6. The first-order valence-electron chi connectivity index (χ1n) is 6.92. The second-order valence-corrected chi connectivity index (χ2v) is 5.36. The Bertz CT molecular complexity index is 528. The molecule has 1 aromatic rings. The Morgan fingerprint density at radius 3 is 2.57 bits per heavy atom. The molecule has 1 aliphatic heterocycles. The number of ether oxygens (including phenoxy) is 1. The summed E-state index contributed by atoms with van der Waals surface area (Å²) in [5.41, 5.74) is -0.114. The molecule has 1 amide bonds. The number of nitrogens with zero attached hydrogens (tertiary/aromatic N) is 2. The topological polar surface area (TPSA) is 72.7 Å². The Labute approximate surface area is 127 Å². The molecule has 1 fully saturated rings. The monoisotopic (exact) mass is 312 g/mol. The third-order valence-electron chi connectivity index (χ3n) is 3.44. The summed E-state index contributed by atoms with van der Waals surface area (Å²) in [6.07, 6.45) is 4.29. The lowest BCUT2D eigenvalue weighted by Crippen LogP contribution is -2.35. The maximum absolute atomic E-state index is 12.1. The van der Waals surface area contributed by atoms with Crippen LogP contribution in [0.5, 0.6) is 5.75 Å². The smallest absolute Gasteiger partial charge is 0.273 e. The fourth-order valence-electron chi connectivity index (χ4n) is 2.27. The van der Waals surface area contributed by atoms with Crippen LogP contribution in [-0.4, -0.2) is 35.4 Å². The Morgan fingerprint density at radius 1 is 1.29 bits per heavy atom. The molecule has 0 aliphatic carbocycles. The summed E-state index contributed by atoms with van der Waals surface area (Å²) in [4.78, 5) is 24.0. The van der Waals surface area contributed by atoms with Crippen LogP contribution >= 0.6 is 11.6 Å². The number of amides is 1. The summed E-state index contributed by atoms with van der Waals surface area (Å²) in [5, 5.41) is 11.0. The second-order valence-electron chi connectivity index (χ2n) is 4.96. The van der Waals surface area contributed by atoms with E-state index in [1.165, 1.54) is 18.2 Å². The van der Waals surface area contributed by atoms with Gasteiger partial charge in [-0.25, -0.2) is 0 Å². The number of non-ortho nitro benzene ring substituents is 1. The van der Waals surface area contributed by atoms with E-state index >= 15 is 0 Å². The molecule has 0 radical (unpaired) electrons. The summed E-state index contributed by atoms with van der Waals surface area (Å²) in [6, 6.07) is 3.93. The van der Waals surface area contributed by atoms with Crippen molar-refractivity contribution in [3.05, 3.63) is 33.3 Å². The van der Waals surface area contributed by atoms with Crippen LogP contribution in [0, 0.1) is 10.1 Å². The van der Waals surface area contributed by atoms with Gasteiger partial charge in [-0.1, -0.05) is 24.4 Å². The number of carbonyl (C=O) groups is 1. The van der Waals surface area contributed by atoms with Crippen molar-refractivity contribution in [2.75, 3.05) is 19.7 Å². The minimum atomic E-state index is -0.528. The number of halogens is 1. The van der Waals surface area contributed by atoms with Gasteiger partial charge in [0.1, 0.15) is 5.75 Å². The Balaban J connectivity index is 1.97. The number of benzene rings is 1. The fourth-order valence-corrected chi connectivity index (χ4v) is 2.44. The largest absolute Gasteiger partial charge is 0.482 e. The summed E-state index contributed by atoms with van der Waals surface area (Å²) >= 11 is 5.92. The number of likely N-dealkylation sites (tertiary alicyclic amines) is 1. The minimum Gasteiger partial charge on any atom is -0.482 e. The van der Waals surface area contributed by atoms with E-state index in [0.717, 1.165) is 38.8 Å². The molecular weight excluding hydrogens is 296 g/mol. The van der Waals surface area contributed by atoms with Gasteiger partial charge in [0.25, 0.3) is 11.6 Å². The number of nitro benzene ring substituents is 1. The lowest BCUT2D eigenvalue weighted by molar-refractivity contribution is -0.384. The molecule has 0 saturated carbocycles. The van der Waals surface area contributed by atoms with Gasteiger partial charge in [-0.15, -0.1) is 0 Å². The van der Waals surface area contributed by atoms with Crippen molar-refractivity contribution in [3.8, 4) is 5.75 Å². The lowest BCUT2D eigenvalue weighted by atomic mass is 10.2. The summed E-state index contributed by atoms with van der Waals surface area (Å²) in [5.74, 6) is 0.0495. The van der Waals surface area contributed by atoms with Gasteiger partial charge in [-0.05, 0) is 18.9 Å². The van der Waals surface area contributed by atoms with E-state index in [2.05, 4.69) is 0 Å². The highest BCUT2D eigenvalue weighted by Gasteiger charge is 2.17. The maximum atomic E-state index is 12.1. The van der Waals surface area contributed by atoms with Gasteiger partial charge in [0.05, 0.1) is 16.0 Å². The van der Waals surface area contributed by atoms with Crippen molar-refractivity contribution in [3.63, 3.8) is 0 Å². The molecule has 21 heavy (non-hydrogen) atoms. The van der Waals surface area contributed by atoms with Crippen LogP contribution in [0.1, 0.15) is 25.7 Å². The van der Waals surface area contributed by atoms with Crippen molar-refractivity contribution < 1.29 is 14.5 Å². The summed E-state index contributed by atoms with van der Waals surface area (Å²) in [6.45, 7) is 1.33. The first-order valence-corrected chi connectivity index (χ1v) is 7.30. The van der Waals surface area contributed by atoms with Gasteiger partial charge < -0.3 is 9.64 Å². The second kappa shape index (κ2) is 7.26. The van der Waals surface area contributed by atoms with Crippen molar-refractivity contribution in [1.82, 2.24) is 4.90 Å². The van der Waals surface area contributed by atoms with Crippen LogP contribution in [-0.2, 0) is 4.79 Å². The van der Waals surface area contributed by atoms with Crippen molar-refractivity contribution in [2.24, 2.45) is 0 Å². The molecule has 1 saturated heterocycles. The van der Waals surface area contributed by atoms with E-state index < -0.39 is 4.92 Å². The fraction of sp³-hybridized carbons (Fsp3) is 0.500. The number of nitro groups is 1. The molecular formula is C14H17ClN2O4. The zero-order chi connectivity index (χ0) is 15.2. The molecule has 114 valence electrons. The van der Waals surface area contributed by atoms with Crippen LogP contribution in [0.3, 0.4) is 0 Å². The van der Waals surface area contributed by atoms with Crippen LogP contribution in [0.15, 0.2) is 18.2 Å². The van der Waals surface area contributed by atoms with E-state index in [0.29, 0.717) is 0 Å². The molecule has 0 aromatic heterocycles. The Kier molecular flexibility index (Phi) is 5.38.